The summed E-state index contributed by atoms with van der Waals surface area (Å²) >= 11 is 0.822. The van der Waals surface area contributed by atoms with Crippen LogP contribution in [-0.4, -0.2) is 41.1 Å². The first-order valence-electron chi connectivity index (χ1n) is 10.8. The van der Waals surface area contributed by atoms with Gasteiger partial charge in [-0.25, -0.2) is 13.8 Å². The van der Waals surface area contributed by atoms with E-state index in [1.165, 1.54) is 56.7 Å². The fourth-order valence-electron chi connectivity index (χ4n) is 4.19. The van der Waals surface area contributed by atoms with Crippen molar-refractivity contribution in [2.75, 3.05) is 19.1 Å². The van der Waals surface area contributed by atoms with Crippen LogP contribution in [0.15, 0.2) is 60.2 Å². The number of benzene rings is 3. The maximum Gasteiger partial charge on any atom is 0.301 e. The van der Waals surface area contributed by atoms with Crippen LogP contribution >= 0.6 is 11.3 Å². The quantitative estimate of drug-likeness (QED) is 0.217. The minimum atomic E-state index is -1.18. The van der Waals surface area contributed by atoms with Gasteiger partial charge in [0.25, 0.3) is 5.78 Å². The number of phenolic OH excluding ortho intramolecular Hbond substituents is 1. The van der Waals surface area contributed by atoms with Crippen LogP contribution in [0.25, 0.3) is 16.0 Å². The van der Waals surface area contributed by atoms with Gasteiger partial charge in [-0.3, -0.25) is 14.5 Å². The van der Waals surface area contributed by atoms with Gasteiger partial charge in [0.2, 0.25) is 0 Å². The van der Waals surface area contributed by atoms with Crippen LogP contribution in [0.2, 0.25) is 0 Å². The molecule has 1 atom stereocenters. The molecule has 37 heavy (non-hydrogen) atoms. The van der Waals surface area contributed by atoms with E-state index < -0.39 is 35.1 Å². The monoisotopic (exact) mass is 524 g/mol. The number of Topliss-reactive ketones (excluding diaryl/α,β-unsaturated/α-hetero) is 1. The van der Waals surface area contributed by atoms with Crippen molar-refractivity contribution in [2.45, 2.75) is 6.04 Å². The van der Waals surface area contributed by atoms with Gasteiger partial charge in [-0.1, -0.05) is 23.5 Å². The van der Waals surface area contributed by atoms with Crippen LogP contribution in [0.3, 0.4) is 0 Å². The molecule has 2 heterocycles. The van der Waals surface area contributed by atoms with Gasteiger partial charge < -0.3 is 19.7 Å². The van der Waals surface area contributed by atoms with E-state index in [4.69, 9.17) is 9.47 Å². The molecule has 5 rings (SSSR count). The number of phenols is 1. The lowest BCUT2D eigenvalue weighted by atomic mass is 9.95. The summed E-state index contributed by atoms with van der Waals surface area (Å²) in [6, 6.07) is 10.7. The zero-order valence-electron chi connectivity index (χ0n) is 19.4. The number of halogens is 2. The molecular weight excluding hydrogens is 506 g/mol. The minimum absolute atomic E-state index is 0.0573. The Morgan fingerprint density at radius 2 is 1.70 bits per heavy atom. The number of aromatic hydroxyl groups is 1. The number of aliphatic hydroxyl groups is 1. The second kappa shape index (κ2) is 9.17. The Labute approximate surface area is 212 Å². The molecule has 0 spiro atoms. The van der Waals surface area contributed by atoms with Crippen LogP contribution in [-0.2, 0) is 9.59 Å². The number of amides is 1. The van der Waals surface area contributed by atoms with Crippen molar-refractivity contribution >= 4 is 44.1 Å². The smallest absolute Gasteiger partial charge is 0.301 e. The second-order valence-corrected chi connectivity index (χ2v) is 9.07. The van der Waals surface area contributed by atoms with E-state index in [0.717, 1.165) is 22.3 Å². The van der Waals surface area contributed by atoms with Crippen LogP contribution in [0, 0.1) is 11.6 Å². The summed E-state index contributed by atoms with van der Waals surface area (Å²) in [4.78, 5) is 31.8. The SMILES string of the molecule is COc1ccc(/C(O)=C2\C(=O)C(=O)N(c3nc4c(F)cc(F)cc4s3)C2c2ccc(O)cc2)cc1OC. The van der Waals surface area contributed by atoms with Crippen LogP contribution < -0.4 is 14.4 Å². The summed E-state index contributed by atoms with van der Waals surface area (Å²) in [5.41, 5.74) is 0.128. The molecule has 11 heteroatoms. The van der Waals surface area contributed by atoms with E-state index in [1.54, 1.807) is 0 Å². The molecule has 3 aromatic carbocycles. The van der Waals surface area contributed by atoms with Crippen LogP contribution in [0.5, 0.6) is 17.2 Å². The average Bonchev–Trinajstić information content (AvgIpc) is 3.42. The Kier molecular flexibility index (Phi) is 6.00. The fraction of sp³-hybridized carbons (Fsp3) is 0.115. The second-order valence-electron chi connectivity index (χ2n) is 8.06. The van der Waals surface area contributed by atoms with E-state index in [0.29, 0.717) is 17.4 Å². The highest BCUT2D eigenvalue weighted by atomic mass is 32.1. The molecular formula is C26H18F2N2O6S. The molecule has 0 radical (unpaired) electrons. The number of methoxy groups -OCH3 is 2. The first-order valence-corrected chi connectivity index (χ1v) is 11.6. The van der Waals surface area contributed by atoms with Gasteiger partial charge in [-0.05, 0) is 42.0 Å². The zero-order valence-corrected chi connectivity index (χ0v) is 20.2. The molecule has 1 aliphatic heterocycles. The molecule has 1 saturated heterocycles. The number of thiazole rings is 1. The number of anilines is 1. The lowest BCUT2D eigenvalue weighted by Crippen LogP contribution is -2.29. The highest BCUT2D eigenvalue weighted by molar-refractivity contribution is 7.22. The van der Waals surface area contributed by atoms with Crippen molar-refractivity contribution in [3.63, 3.8) is 0 Å². The van der Waals surface area contributed by atoms with Crippen molar-refractivity contribution in [1.29, 1.82) is 0 Å². The number of aliphatic hydroxyl groups excluding tert-OH is 1. The molecule has 1 aromatic heterocycles. The van der Waals surface area contributed by atoms with Crippen LogP contribution in [0.1, 0.15) is 17.2 Å². The standard InChI is InChI=1S/C26H18F2N2O6S/c1-35-17-8-5-13(9-18(17)36-2)23(32)20-22(12-3-6-15(31)7-4-12)30(25(34)24(20)33)26-29-21-16(28)10-14(27)11-19(21)37-26/h3-11,22,31-32H,1-2H3/b23-20+. The number of carbonyl (C=O) groups is 2. The third-order valence-corrected chi connectivity index (χ3v) is 6.92. The Bertz CT molecular complexity index is 1600. The Morgan fingerprint density at radius 3 is 2.38 bits per heavy atom. The van der Waals surface area contributed by atoms with Gasteiger partial charge in [-0.15, -0.1) is 0 Å². The lowest BCUT2D eigenvalue weighted by molar-refractivity contribution is -0.132. The highest BCUT2D eigenvalue weighted by Crippen LogP contribution is 2.45. The number of rotatable bonds is 5. The molecule has 1 aliphatic rings. The maximum atomic E-state index is 14.4. The summed E-state index contributed by atoms with van der Waals surface area (Å²) in [6.45, 7) is 0. The number of hydrogen-bond donors (Lipinski definition) is 2. The minimum Gasteiger partial charge on any atom is -0.508 e. The first kappa shape index (κ1) is 24.2. The van der Waals surface area contributed by atoms with Gasteiger partial charge in [-0.2, -0.15) is 0 Å². The fourth-order valence-corrected chi connectivity index (χ4v) is 5.22. The summed E-state index contributed by atoms with van der Waals surface area (Å²) < 4.78 is 38.8. The molecule has 1 amide bonds. The van der Waals surface area contributed by atoms with Crippen molar-refractivity contribution in [3.8, 4) is 17.2 Å². The van der Waals surface area contributed by atoms with Crippen molar-refractivity contribution in [3.05, 3.63) is 82.9 Å². The van der Waals surface area contributed by atoms with Gasteiger partial charge in [0.1, 0.15) is 22.8 Å². The normalized spacial score (nSPS) is 17.0. The van der Waals surface area contributed by atoms with Gasteiger partial charge in [0, 0.05) is 11.6 Å². The third-order valence-electron chi connectivity index (χ3n) is 5.92. The summed E-state index contributed by atoms with van der Waals surface area (Å²) in [5.74, 6) is -3.62. The van der Waals surface area contributed by atoms with E-state index in [-0.39, 0.29) is 38.0 Å². The predicted octanol–water partition coefficient (Wildman–Crippen LogP) is 4.92. The average molecular weight is 525 g/mol. The van der Waals surface area contributed by atoms with Crippen LogP contribution in [0.4, 0.5) is 13.9 Å². The molecule has 4 aromatic rings. The van der Waals surface area contributed by atoms with E-state index >= 15 is 0 Å². The Balaban J connectivity index is 1.73. The topological polar surface area (TPSA) is 109 Å². The Morgan fingerprint density at radius 1 is 1.00 bits per heavy atom. The van der Waals surface area contributed by atoms with Crippen molar-refractivity contribution < 1.29 is 38.1 Å². The summed E-state index contributed by atoms with van der Waals surface area (Å²) in [5, 5.41) is 21.0. The van der Waals surface area contributed by atoms with Gasteiger partial charge in [0.15, 0.2) is 22.4 Å². The van der Waals surface area contributed by atoms with E-state index in [2.05, 4.69) is 4.98 Å². The summed E-state index contributed by atoms with van der Waals surface area (Å²) in [7, 11) is 2.85. The number of carbonyl (C=O) groups excluding carboxylic acids is 2. The molecule has 188 valence electrons. The first-order chi connectivity index (χ1) is 17.7. The highest BCUT2D eigenvalue weighted by Gasteiger charge is 2.48. The molecule has 1 unspecified atom stereocenters. The van der Waals surface area contributed by atoms with Gasteiger partial charge in [0.05, 0.1) is 30.5 Å². The number of nitrogens with zero attached hydrogens (tertiary/aromatic N) is 2. The molecule has 1 fully saturated rings. The van der Waals surface area contributed by atoms with Gasteiger partial charge >= 0.3 is 5.91 Å². The number of fused-ring (bicyclic) bond motifs is 1. The van der Waals surface area contributed by atoms with Crippen molar-refractivity contribution in [1.82, 2.24) is 4.98 Å². The molecule has 0 aliphatic carbocycles. The van der Waals surface area contributed by atoms with E-state index in [9.17, 15) is 28.6 Å². The molecule has 8 nitrogen and oxygen atoms in total. The number of ketones is 1. The molecule has 2 N–H and O–H groups in total. The zero-order chi connectivity index (χ0) is 26.4. The predicted molar refractivity (Wildman–Crippen MR) is 132 cm³/mol. The largest absolute Gasteiger partial charge is 0.508 e. The lowest BCUT2D eigenvalue weighted by Gasteiger charge is -2.23. The molecule has 0 bridgehead atoms. The van der Waals surface area contributed by atoms with E-state index in [1.807, 2.05) is 0 Å². The Hall–Kier alpha value is -4.51. The van der Waals surface area contributed by atoms with Crippen molar-refractivity contribution in [2.24, 2.45) is 0 Å². The number of hydrogen-bond acceptors (Lipinski definition) is 8. The number of aromatic nitrogens is 1. The number of ether oxygens (including phenoxy) is 2. The molecule has 0 saturated carbocycles. The summed E-state index contributed by atoms with van der Waals surface area (Å²) in [6.07, 6.45) is 0. The third kappa shape index (κ3) is 4.02. The maximum absolute atomic E-state index is 14.4.